The Kier molecular flexibility index (Phi) is 5.32. The van der Waals surface area contributed by atoms with Crippen molar-refractivity contribution >= 4 is 5.91 Å². The summed E-state index contributed by atoms with van der Waals surface area (Å²) in [5.41, 5.74) is 1.63. The fourth-order valence-corrected chi connectivity index (χ4v) is 3.43. The highest BCUT2D eigenvalue weighted by Crippen LogP contribution is 2.28. The summed E-state index contributed by atoms with van der Waals surface area (Å²) in [6.45, 7) is 1.35. The SMILES string of the molecule is COc1ccc(CC(=O)N2CCC[C@H](c3nnc(-c4ccccn4)o3)C2)cc1. The van der Waals surface area contributed by atoms with Crippen molar-refractivity contribution in [3.8, 4) is 17.3 Å². The van der Waals surface area contributed by atoms with Gasteiger partial charge >= 0.3 is 0 Å². The number of carbonyl (C=O) groups is 1. The fraction of sp³-hybridized carbons (Fsp3) is 0.333. The Balaban J connectivity index is 1.41. The summed E-state index contributed by atoms with van der Waals surface area (Å²) in [5.74, 6) is 1.94. The number of likely N-dealkylation sites (tertiary alicyclic amines) is 1. The third kappa shape index (κ3) is 4.03. The summed E-state index contributed by atoms with van der Waals surface area (Å²) < 4.78 is 11.0. The summed E-state index contributed by atoms with van der Waals surface area (Å²) in [7, 11) is 1.63. The lowest BCUT2D eigenvalue weighted by atomic mass is 9.97. The van der Waals surface area contributed by atoms with E-state index in [-0.39, 0.29) is 11.8 Å². The second-order valence-electron chi connectivity index (χ2n) is 6.86. The molecule has 0 spiro atoms. The van der Waals surface area contributed by atoms with Crippen LogP contribution in [0.2, 0.25) is 0 Å². The molecule has 0 radical (unpaired) electrons. The minimum Gasteiger partial charge on any atom is -0.497 e. The highest BCUT2D eigenvalue weighted by atomic mass is 16.5. The number of nitrogens with zero attached hydrogens (tertiary/aromatic N) is 4. The van der Waals surface area contributed by atoms with Crippen molar-refractivity contribution in [1.82, 2.24) is 20.1 Å². The van der Waals surface area contributed by atoms with Gasteiger partial charge in [0.15, 0.2) is 0 Å². The standard InChI is InChI=1S/C21H22N4O3/c1-27-17-9-7-15(8-10-17)13-19(26)25-12-4-5-16(14-25)20-23-24-21(28-20)18-6-2-3-11-22-18/h2-3,6-11,16H,4-5,12-14H2,1H3/t16-/m0/s1. The molecule has 0 aliphatic carbocycles. The van der Waals surface area contributed by atoms with Gasteiger partial charge in [-0.05, 0) is 42.7 Å². The van der Waals surface area contributed by atoms with E-state index < -0.39 is 0 Å². The van der Waals surface area contributed by atoms with Gasteiger partial charge in [-0.1, -0.05) is 18.2 Å². The van der Waals surface area contributed by atoms with Crippen molar-refractivity contribution in [3.05, 3.63) is 60.1 Å². The Labute approximate surface area is 163 Å². The quantitative estimate of drug-likeness (QED) is 0.679. The van der Waals surface area contributed by atoms with Gasteiger partial charge in [-0.3, -0.25) is 9.78 Å². The van der Waals surface area contributed by atoms with Crippen molar-refractivity contribution in [2.24, 2.45) is 0 Å². The molecule has 7 nitrogen and oxygen atoms in total. The van der Waals surface area contributed by atoms with Gasteiger partial charge in [-0.2, -0.15) is 0 Å². The van der Waals surface area contributed by atoms with E-state index in [0.717, 1.165) is 30.7 Å². The highest BCUT2D eigenvalue weighted by Gasteiger charge is 2.28. The predicted octanol–water partition coefficient (Wildman–Crippen LogP) is 3.09. The lowest BCUT2D eigenvalue weighted by molar-refractivity contribution is -0.131. The van der Waals surface area contributed by atoms with Crippen LogP contribution in [0.5, 0.6) is 5.75 Å². The molecular weight excluding hydrogens is 356 g/mol. The van der Waals surface area contributed by atoms with Crippen LogP contribution in [0.15, 0.2) is 53.1 Å². The Morgan fingerprint density at radius 3 is 2.82 bits per heavy atom. The Morgan fingerprint density at radius 2 is 2.07 bits per heavy atom. The first-order valence-corrected chi connectivity index (χ1v) is 9.38. The molecule has 1 amide bonds. The normalized spacial score (nSPS) is 16.8. The van der Waals surface area contributed by atoms with Crippen molar-refractivity contribution in [2.75, 3.05) is 20.2 Å². The minimum absolute atomic E-state index is 0.0542. The van der Waals surface area contributed by atoms with Crippen LogP contribution in [-0.2, 0) is 11.2 Å². The predicted molar refractivity (Wildman–Crippen MR) is 103 cm³/mol. The molecule has 1 saturated heterocycles. The first-order chi connectivity index (χ1) is 13.7. The van der Waals surface area contributed by atoms with Crippen molar-refractivity contribution in [1.29, 1.82) is 0 Å². The van der Waals surface area contributed by atoms with Crippen LogP contribution in [0.4, 0.5) is 0 Å². The summed E-state index contributed by atoms with van der Waals surface area (Å²) >= 11 is 0. The molecule has 3 aromatic rings. The summed E-state index contributed by atoms with van der Waals surface area (Å²) in [6, 6.07) is 13.2. The van der Waals surface area contributed by atoms with Gasteiger partial charge in [0.2, 0.25) is 11.8 Å². The number of hydrogen-bond acceptors (Lipinski definition) is 6. The summed E-state index contributed by atoms with van der Waals surface area (Å²) in [4.78, 5) is 18.9. The van der Waals surface area contributed by atoms with E-state index >= 15 is 0 Å². The molecule has 144 valence electrons. The Hall–Kier alpha value is -3.22. The molecule has 4 rings (SSSR count). The zero-order valence-electron chi connectivity index (χ0n) is 15.7. The van der Waals surface area contributed by atoms with Crippen LogP contribution in [0.1, 0.15) is 30.2 Å². The van der Waals surface area contributed by atoms with Gasteiger partial charge in [-0.15, -0.1) is 10.2 Å². The first-order valence-electron chi connectivity index (χ1n) is 9.38. The molecule has 1 aliphatic rings. The van der Waals surface area contributed by atoms with E-state index in [2.05, 4.69) is 15.2 Å². The molecule has 1 aromatic carbocycles. The second kappa shape index (κ2) is 8.21. The molecule has 0 bridgehead atoms. The Morgan fingerprint density at radius 1 is 1.21 bits per heavy atom. The van der Waals surface area contributed by atoms with Crippen molar-refractivity contribution in [3.63, 3.8) is 0 Å². The van der Waals surface area contributed by atoms with Gasteiger partial charge in [0.1, 0.15) is 11.4 Å². The van der Waals surface area contributed by atoms with E-state index in [1.54, 1.807) is 13.3 Å². The van der Waals surface area contributed by atoms with Crippen molar-refractivity contribution in [2.45, 2.75) is 25.2 Å². The lowest BCUT2D eigenvalue weighted by Gasteiger charge is -2.31. The van der Waals surface area contributed by atoms with Crippen LogP contribution in [0.3, 0.4) is 0 Å². The molecule has 0 N–H and O–H groups in total. The average Bonchev–Trinajstić information content (AvgIpc) is 3.25. The van der Waals surface area contributed by atoms with E-state index in [1.165, 1.54) is 0 Å². The lowest BCUT2D eigenvalue weighted by Crippen LogP contribution is -2.40. The number of ether oxygens (including phenoxy) is 1. The number of amides is 1. The molecule has 0 saturated carbocycles. The maximum absolute atomic E-state index is 12.7. The summed E-state index contributed by atoms with van der Waals surface area (Å²) in [5, 5.41) is 8.33. The van der Waals surface area contributed by atoms with Crippen LogP contribution < -0.4 is 4.74 Å². The number of hydrogen-bond donors (Lipinski definition) is 0. The number of piperidine rings is 1. The molecule has 2 aromatic heterocycles. The number of benzene rings is 1. The summed E-state index contributed by atoms with van der Waals surface area (Å²) in [6.07, 6.45) is 3.91. The first kappa shape index (κ1) is 18.2. The number of aromatic nitrogens is 3. The molecule has 0 unspecified atom stereocenters. The fourth-order valence-electron chi connectivity index (χ4n) is 3.43. The zero-order valence-corrected chi connectivity index (χ0v) is 15.7. The van der Waals surface area contributed by atoms with E-state index in [4.69, 9.17) is 9.15 Å². The monoisotopic (exact) mass is 378 g/mol. The third-order valence-electron chi connectivity index (χ3n) is 4.96. The van der Waals surface area contributed by atoms with Gasteiger partial charge < -0.3 is 14.1 Å². The second-order valence-corrected chi connectivity index (χ2v) is 6.86. The van der Waals surface area contributed by atoms with Gasteiger partial charge in [0.25, 0.3) is 5.89 Å². The molecule has 7 heteroatoms. The third-order valence-corrected chi connectivity index (χ3v) is 4.96. The maximum Gasteiger partial charge on any atom is 0.266 e. The van der Waals surface area contributed by atoms with Crippen LogP contribution in [-0.4, -0.2) is 46.2 Å². The highest BCUT2D eigenvalue weighted by molar-refractivity contribution is 5.79. The van der Waals surface area contributed by atoms with Gasteiger partial charge in [0, 0.05) is 19.3 Å². The molecule has 1 atom stereocenters. The minimum atomic E-state index is 0.0542. The molecule has 28 heavy (non-hydrogen) atoms. The molecule has 1 aliphatic heterocycles. The van der Waals surface area contributed by atoms with E-state index in [1.807, 2.05) is 47.4 Å². The molecule has 3 heterocycles. The van der Waals surface area contributed by atoms with Crippen LogP contribution in [0, 0.1) is 0 Å². The van der Waals surface area contributed by atoms with E-state index in [9.17, 15) is 4.79 Å². The number of methoxy groups -OCH3 is 1. The molecule has 1 fully saturated rings. The average molecular weight is 378 g/mol. The van der Waals surface area contributed by atoms with Crippen LogP contribution in [0.25, 0.3) is 11.6 Å². The molecular formula is C21H22N4O3. The number of pyridine rings is 1. The largest absolute Gasteiger partial charge is 0.497 e. The van der Waals surface area contributed by atoms with Crippen LogP contribution >= 0.6 is 0 Å². The zero-order chi connectivity index (χ0) is 19.3. The van der Waals surface area contributed by atoms with E-state index in [0.29, 0.717) is 30.4 Å². The van der Waals surface area contributed by atoms with Gasteiger partial charge in [0.05, 0.1) is 19.4 Å². The smallest absolute Gasteiger partial charge is 0.266 e. The number of rotatable bonds is 5. The number of carbonyl (C=O) groups excluding carboxylic acids is 1. The van der Waals surface area contributed by atoms with Gasteiger partial charge in [-0.25, -0.2) is 0 Å². The topological polar surface area (TPSA) is 81.4 Å². The van der Waals surface area contributed by atoms with Crippen molar-refractivity contribution < 1.29 is 13.9 Å². The Bertz CT molecular complexity index is 924. The maximum atomic E-state index is 12.7.